The van der Waals surface area contributed by atoms with Crippen molar-refractivity contribution in [2.45, 2.75) is 57.9 Å². The lowest BCUT2D eigenvalue weighted by Gasteiger charge is -2.36. The van der Waals surface area contributed by atoms with Gasteiger partial charge in [0.25, 0.3) is 0 Å². The Labute approximate surface area is 92.9 Å². The van der Waals surface area contributed by atoms with E-state index in [1.54, 1.807) is 0 Å². The summed E-state index contributed by atoms with van der Waals surface area (Å²) in [6, 6.07) is 0.144. The SMILES string of the molecule is CCC1(C(N)C2=CCCCO2)CCCC1. The fraction of sp³-hybridized carbons (Fsp3) is 0.846. The summed E-state index contributed by atoms with van der Waals surface area (Å²) in [5, 5.41) is 0. The second-order valence-electron chi connectivity index (χ2n) is 5.00. The van der Waals surface area contributed by atoms with E-state index in [2.05, 4.69) is 13.0 Å². The van der Waals surface area contributed by atoms with Crippen molar-refractivity contribution in [2.75, 3.05) is 6.61 Å². The van der Waals surface area contributed by atoms with Gasteiger partial charge in [-0.1, -0.05) is 19.8 Å². The molecule has 86 valence electrons. The Kier molecular flexibility index (Phi) is 3.35. The van der Waals surface area contributed by atoms with Gasteiger partial charge in [-0.05, 0) is 43.6 Å². The fourth-order valence-corrected chi connectivity index (χ4v) is 3.06. The van der Waals surface area contributed by atoms with Crippen LogP contribution in [0.3, 0.4) is 0 Å². The van der Waals surface area contributed by atoms with Gasteiger partial charge >= 0.3 is 0 Å². The summed E-state index contributed by atoms with van der Waals surface area (Å²) >= 11 is 0. The molecular formula is C13H23NO. The van der Waals surface area contributed by atoms with Gasteiger partial charge in [0, 0.05) is 0 Å². The predicted molar refractivity (Wildman–Crippen MR) is 62.4 cm³/mol. The molecule has 0 spiro atoms. The van der Waals surface area contributed by atoms with E-state index in [1.807, 2.05) is 0 Å². The molecule has 0 aromatic heterocycles. The normalized spacial score (nSPS) is 26.9. The molecule has 2 rings (SSSR count). The summed E-state index contributed by atoms with van der Waals surface area (Å²) in [5.41, 5.74) is 6.74. The van der Waals surface area contributed by atoms with Crippen molar-refractivity contribution in [3.63, 3.8) is 0 Å². The Morgan fingerprint density at radius 3 is 2.67 bits per heavy atom. The van der Waals surface area contributed by atoms with Gasteiger partial charge in [0.05, 0.1) is 12.6 Å². The standard InChI is InChI=1S/C13H23NO/c1-2-13(8-4-5-9-13)12(14)11-7-3-6-10-15-11/h7,12H,2-6,8-10,14H2,1H3. The van der Waals surface area contributed by atoms with Crippen molar-refractivity contribution in [1.29, 1.82) is 0 Å². The lowest BCUT2D eigenvalue weighted by molar-refractivity contribution is 0.124. The molecule has 0 aromatic carbocycles. The second-order valence-corrected chi connectivity index (χ2v) is 5.00. The number of ether oxygens (including phenoxy) is 1. The third-order valence-corrected chi connectivity index (χ3v) is 4.23. The van der Waals surface area contributed by atoms with Crippen molar-refractivity contribution in [2.24, 2.45) is 11.1 Å². The molecule has 15 heavy (non-hydrogen) atoms. The van der Waals surface area contributed by atoms with E-state index in [4.69, 9.17) is 10.5 Å². The Morgan fingerprint density at radius 2 is 2.13 bits per heavy atom. The fourth-order valence-electron chi connectivity index (χ4n) is 3.06. The van der Waals surface area contributed by atoms with E-state index in [9.17, 15) is 0 Å². The first-order valence-electron chi connectivity index (χ1n) is 6.37. The second kappa shape index (κ2) is 4.56. The molecule has 1 aliphatic heterocycles. The minimum absolute atomic E-state index is 0.144. The van der Waals surface area contributed by atoms with Crippen LogP contribution in [0.1, 0.15) is 51.9 Å². The van der Waals surface area contributed by atoms with Gasteiger partial charge in [-0.2, -0.15) is 0 Å². The van der Waals surface area contributed by atoms with E-state index in [-0.39, 0.29) is 6.04 Å². The van der Waals surface area contributed by atoms with Crippen LogP contribution in [0.4, 0.5) is 0 Å². The van der Waals surface area contributed by atoms with Gasteiger partial charge < -0.3 is 10.5 Å². The average molecular weight is 209 g/mol. The molecule has 1 aliphatic carbocycles. The van der Waals surface area contributed by atoms with Crippen molar-refractivity contribution in [3.8, 4) is 0 Å². The van der Waals surface area contributed by atoms with Crippen LogP contribution in [0.25, 0.3) is 0 Å². The molecule has 0 saturated heterocycles. The zero-order chi connectivity index (χ0) is 10.7. The maximum atomic E-state index is 6.41. The molecule has 1 saturated carbocycles. The highest BCUT2D eigenvalue weighted by atomic mass is 16.5. The molecule has 0 bridgehead atoms. The summed E-state index contributed by atoms with van der Waals surface area (Å²) in [7, 11) is 0. The van der Waals surface area contributed by atoms with E-state index < -0.39 is 0 Å². The average Bonchev–Trinajstić information content (AvgIpc) is 2.79. The van der Waals surface area contributed by atoms with Gasteiger partial charge in [0.1, 0.15) is 5.76 Å². The van der Waals surface area contributed by atoms with Crippen molar-refractivity contribution >= 4 is 0 Å². The minimum Gasteiger partial charge on any atom is -0.497 e. The maximum absolute atomic E-state index is 6.41. The van der Waals surface area contributed by atoms with Gasteiger partial charge in [0.2, 0.25) is 0 Å². The molecule has 0 aromatic rings. The first kappa shape index (κ1) is 11.0. The first-order valence-corrected chi connectivity index (χ1v) is 6.37. The molecule has 2 heteroatoms. The topological polar surface area (TPSA) is 35.2 Å². The third-order valence-electron chi connectivity index (χ3n) is 4.23. The molecule has 0 radical (unpaired) electrons. The molecule has 1 atom stereocenters. The highest BCUT2D eigenvalue weighted by Crippen LogP contribution is 2.45. The van der Waals surface area contributed by atoms with Gasteiger partial charge in [-0.15, -0.1) is 0 Å². The first-order chi connectivity index (χ1) is 7.28. The van der Waals surface area contributed by atoms with Gasteiger partial charge in [0.15, 0.2) is 0 Å². The minimum atomic E-state index is 0.144. The molecule has 2 nitrogen and oxygen atoms in total. The van der Waals surface area contributed by atoms with Crippen LogP contribution in [0.5, 0.6) is 0 Å². The number of nitrogens with two attached hydrogens (primary N) is 1. The van der Waals surface area contributed by atoms with Crippen LogP contribution >= 0.6 is 0 Å². The largest absolute Gasteiger partial charge is 0.497 e. The number of hydrogen-bond acceptors (Lipinski definition) is 2. The summed E-state index contributed by atoms with van der Waals surface area (Å²) in [4.78, 5) is 0. The van der Waals surface area contributed by atoms with E-state index in [1.165, 1.54) is 32.1 Å². The van der Waals surface area contributed by atoms with E-state index >= 15 is 0 Å². The molecule has 2 aliphatic rings. The summed E-state index contributed by atoms with van der Waals surface area (Å²) in [6.07, 6.45) is 10.9. The number of allylic oxidation sites excluding steroid dienone is 1. The van der Waals surface area contributed by atoms with E-state index in [0.717, 1.165) is 25.2 Å². The van der Waals surface area contributed by atoms with Crippen molar-refractivity contribution < 1.29 is 4.74 Å². The Hall–Kier alpha value is -0.500. The van der Waals surface area contributed by atoms with Crippen LogP contribution in [0, 0.1) is 5.41 Å². The quantitative estimate of drug-likeness (QED) is 0.775. The van der Waals surface area contributed by atoms with Crippen LogP contribution in [0.2, 0.25) is 0 Å². The van der Waals surface area contributed by atoms with Gasteiger partial charge in [-0.3, -0.25) is 0 Å². The van der Waals surface area contributed by atoms with Crippen LogP contribution < -0.4 is 5.73 Å². The van der Waals surface area contributed by atoms with Crippen molar-refractivity contribution in [1.82, 2.24) is 0 Å². The Morgan fingerprint density at radius 1 is 1.40 bits per heavy atom. The third kappa shape index (κ3) is 2.05. The zero-order valence-corrected chi connectivity index (χ0v) is 9.80. The number of hydrogen-bond donors (Lipinski definition) is 1. The molecule has 1 fully saturated rings. The number of rotatable bonds is 3. The maximum Gasteiger partial charge on any atom is 0.109 e. The highest BCUT2D eigenvalue weighted by Gasteiger charge is 2.40. The highest BCUT2D eigenvalue weighted by molar-refractivity contribution is 5.12. The Bertz CT molecular complexity index is 241. The van der Waals surface area contributed by atoms with Crippen LogP contribution in [0.15, 0.2) is 11.8 Å². The van der Waals surface area contributed by atoms with Crippen LogP contribution in [-0.4, -0.2) is 12.6 Å². The molecule has 1 heterocycles. The summed E-state index contributed by atoms with van der Waals surface area (Å²) < 4.78 is 5.72. The zero-order valence-electron chi connectivity index (χ0n) is 9.80. The molecule has 1 unspecified atom stereocenters. The van der Waals surface area contributed by atoms with Gasteiger partial charge in [-0.25, -0.2) is 0 Å². The van der Waals surface area contributed by atoms with E-state index in [0.29, 0.717) is 5.41 Å². The predicted octanol–water partition coefficient (Wildman–Crippen LogP) is 2.98. The molecular weight excluding hydrogens is 186 g/mol. The van der Waals surface area contributed by atoms with Crippen molar-refractivity contribution in [3.05, 3.63) is 11.8 Å². The van der Waals surface area contributed by atoms with Crippen LogP contribution in [-0.2, 0) is 4.74 Å². The smallest absolute Gasteiger partial charge is 0.109 e. The lowest BCUT2D eigenvalue weighted by Crippen LogP contribution is -2.42. The monoisotopic (exact) mass is 209 g/mol. The Balaban J connectivity index is 2.10. The summed E-state index contributed by atoms with van der Waals surface area (Å²) in [5.74, 6) is 1.07. The molecule has 0 amide bonds. The molecule has 2 N–H and O–H groups in total. The lowest BCUT2D eigenvalue weighted by atomic mass is 9.75. The summed E-state index contributed by atoms with van der Waals surface area (Å²) in [6.45, 7) is 3.13.